The van der Waals surface area contributed by atoms with Gasteiger partial charge >= 0.3 is 6.09 Å². The van der Waals surface area contributed by atoms with Crippen LogP contribution in [0.2, 0.25) is 0 Å². The van der Waals surface area contributed by atoms with Gasteiger partial charge in [-0.1, -0.05) is 12.2 Å². The summed E-state index contributed by atoms with van der Waals surface area (Å²) in [5.41, 5.74) is 4.45. The molecule has 0 bridgehead atoms. The molecule has 2 atom stereocenters. The van der Waals surface area contributed by atoms with Gasteiger partial charge in [0.05, 0.1) is 0 Å². The highest BCUT2D eigenvalue weighted by Gasteiger charge is 2.28. The van der Waals surface area contributed by atoms with E-state index >= 15 is 0 Å². The van der Waals surface area contributed by atoms with Crippen LogP contribution in [0.1, 0.15) is 26.7 Å². The molecule has 0 unspecified atom stereocenters. The molecule has 0 spiro atoms. The van der Waals surface area contributed by atoms with Crippen LogP contribution in [-0.2, 0) is 4.74 Å². The molecule has 4 nitrogen and oxygen atoms in total. The highest BCUT2D eigenvalue weighted by molar-refractivity contribution is 5.65. The van der Waals surface area contributed by atoms with Crippen LogP contribution in [0.15, 0.2) is 12.2 Å². The van der Waals surface area contributed by atoms with Gasteiger partial charge < -0.3 is 15.6 Å². The summed E-state index contributed by atoms with van der Waals surface area (Å²) in [5, 5.41) is 8.97. The lowest BCUT2D eigenvalue weighted by Gasteiger charge is -2.26. The van der Waals surface area contributed by atoms with Crippen molar-refractivity contribution in [3.63, 3.8) is 0 Å². The van der Waals surface area contributed by atoms with E-state index in [1.807, 2.05) is 19.9 Å². The first kappa shape index (κ1) is 12.0. The second-order valence-electron chi connectivity index (χ2n) is 4.71. The molecule has 0 radical (unpaired) electrons. The minimum atomic E-state index is -0.735. The van der Waals surface area contributed by atoms with Crippen molar-refractivity contribution >= 4 is 6.09 Å². The highest BCUT2D eigenvalue weighted by Crippen LogP contribution is 2.31. The molecule has 0 saturated heterocycles. The monoisotopic (exact) mass is 213 g/mol. The number of amides is 1. The van der Waals surface area contributed by atoms with Crippen LogP contribution in [0.5, 0.6) is 0 Å². The molecule has 1 aliphatic carbocycles. The predicted molar refractivity (Wildman–Crippen MR) is 57.2 cm³/mol. The third kappa shape index (κ3) is 3.91. The van der Waals surface area contributed by atoms with Crippen molar-refractivity contribution in [2.75, 3.05) is 6.61 Å². The Labute approximate surface area is 90.1 Å². The van der Waals surface area contributed by atoms with Crippen LogP contribution in [0.25, 0.3) is 0 Å². The quantitative estimate of drug-likeness (QED) is 0.694. The average Bonchev–Trinajstić information content (AvgIpc) is 2.48. The summed E-state index contributed by atoms with van der Waals surface area (Å²) >= 11 is 0. The molecule has 0 aromatic carbocycles. The van der Waals surface area contributed by atoms with E-state index in [4.69, 9.17) is 15.6 Å². The molecular formula is C11H19NO3. The SMILES string of the molecule is CC(C)(C[C@@H]1C=C[C@@H](CO)C1)OC(N)=O. The van der Waals surface area contributed by atoms with Crippen LogP contribution < -0.4 is 5.73 Å². The van der Waals surface area contributed by atoms with Gasteiger partial charge in [0.1, 0.15) is 5.60 Å². The van der Waals surface area contributed by atoms with Crippen molar-refractivity contribution in [1.29, 1.82) is 0 Å². The molecule has 3 N–H and O–H groups in total. The molecule has 0 fully saturated rings. The Morgan fingerprint density at radius 3 is 2.60 bits per heavy atom. The number of aliphatic hydroxyl groups is 1. The van der Waals surface area contributed by atoms with E-state index in [0.29, 0.717) is 5.92 Å². The zero-order chi connectivity index (χ0) is 11.5. The fourth-order valence-electron chi connectivity index (χ4n) is 2.09. The van der Waals surface area contributed by atoms with E-state index in [1.54, 1.807) is 0 Å². The molecule has 0 heterocycles. The zero-order valence-electron chi connectivity index (χ0n) is 9.27. The Morgan fingerprint density at radius 2 is 2.13 bits per heavy atom. The molecule has 0 aromatic rings. The van der Waals surface area contributed by atoms with Gasteiger partial charge in [-0.25, -0.2) is 4.79 Å². The first-order chi connectivity index (χ1) is 6.93. The summed E-state index contributed by atoms with van der Waals surface area (Å²) in [6.45, 7) is 3.87. The molecule has 0 saturated carbocycles. The fraction of sp³-hybridized carbons (Fsp3) is 0.727. The van der Waals surface area contributed by atoms with Gasteiger partial charge in [-0.3, -0.25) is 0 Å². The normalized spacial score (nSPS) is 25.5. The van der Waals surface area contributed by atoms with Gasteiger partial charge in [-0.15, -0.1) is 0 Å². The summed E-state index contributed by atoms with van der Waals surface area (Å²) in [7, 11) is 0. The number of aliphatic hydroxyl groups excluding tert-OH is 1. The molecule has 0 aromatic heterocycles. The molecule has 86 valence electrons. The third-order valence-electron chi connectivity index (χ3n) is 2.63. The number of nitrogens with two attached hydrogens (primary N) is 1. The Balaban J connectivity index is 2.42. The van der Waals surface area contributed by atoms with Gasteiger partial charge in [0, 0.05) is 12.5 Å². The zero-order valence-corrected chi connectivity index (χ0v) is 9.27. The summed E-state index contributed by atoms with van der Waals surface area (Å²) in [5.74, 6) is 0.607. The largest absolute Gasteiger partial charge is 0.444 e. The van der Waals surface area contributed by atoms with Gasteiger partial charge in [0.25, 0.3) is 0 Å². The second-order valence-corrected chi connectivity index (χ2v) is 4.71. The Kier molecular flexibility index (Phi) is 3.74. The maximum atomic E-state index is 10.7. The number of hydrogen-bond donors (Lipinski definition) is 2. The van der Waals surface area contributed by atoms with Gasteiger partial charge in [0.2, 0.25) is 0 Å². The Morgan fingerprint density at radius 1 is 1.53 bits per heavy atom. The molecule has 1 amide bonds. The highest BCUT2D eigenvalue weighted by atomic mass is 16.6. The Bertz CT molecular complexity index is 261. The van der Waals surface area contributed by atoms with Crippen LogP contribution in [0.3, 0.4) is 0 Å². The average molecular weight is 213 g/mol. The molecule has 1 rings (SSSR count). The number of hydrogen-bond acceptors (Lipinski definition) is 3. The number of ether oxygens (including phenoxy) is 1. The number of rotatable bonds is 4. The van der Waals surface area contributed by atoms with Crippen molar-refractivity contribution in [3.8, 4) is 0 Å². The van der Waals surface area contributed by atoms with Gasteiger partial charge in [-0.2, -0.15) is 0 Å². The summed E-state index contributed by atoms with van der Waals surface area (Å²) in [6, 6.07) is 0. The number of carbonyl (C=O) groups is 1. The summed E-state index contributed by atoms with van der Waals surface area (Å²) in [4.78, 5) is 10.7. The van der Waals surface area contributed by atoms with Crippen molar-refractivity contribution in [3.05, 3.63) is 12.2 Å². The predicted octanol–water partition coefficient (Wildman–Crippen LogP) is 1.43. The summed E-state index contributed by atoms with van der Waals surface area (Å²) < 4.78 is 5.01. The molecule has 1 aliphatic rings. The lowest BCUT2D eigenvalue weighted by molar-refractivity contribution is 0.0297. The molecular weight excluding hydrogens is 194 g/mol. The van der Waals surface area contributed by atoms with Gasteiger partial charge in [0.15, 0.2) is 0 Å². The molecule has 0 aliphatic heterocycles. The summed E-state index contributed by atoms with van der Waals surface area (Å²) in [6.07, 6.45) is 5.02. The fourth-order valence-corrected chi connectivity index (χ4v) is 2.09. The van der Waals surface area contributed by atoms with Crippen LogP contribution >= 0.6 is 0 Å². The Hall–Kier alpha value is -1.03. The topological polar surface area (TPSA) is 72.6 Å². The van der Waals surface area contributed by atoms with E-state index in [2.05, 4.69) is 6.08 Å². The van der Waals surface area contributed by atoms with Gasteiger partial charge in [-0.05, 0) is 32.6 Å². The van der Waals surface area contributed by atoms with E-state index < -0.39 is 11.7 Å². The van der Waals surface area contributed by atoms with Crippen LogP contribution in [0, 0.1) is 11.8 Å². The maximum absolute atomic E-state index is 10.7. The van der Waals surface area contributed by atoms with E-state index in [9.17, 15) is 4.79 Å². The number of allylic oxidation sites excluding steroid dienone is 1. The number of carbonyl (C=O) groups excluding carboxylic acids is 1. The van der Waals surface area contributed by atoms with Crippen LogP contribution in [0.4, 0.5) is 4.79 Å². The second kappa shape index (κ2) is 4.66. The van der Waals surface area contributed by atoms with Crippen molar-refractivity contribution in [2.24, 2.45) is 17.6 Å². The lowest BCUT2D eigenvalue weighted by atomic mass is 9.91. The van der Waals surface area contributed by atoms with Crippen molar-refractivity contribution < 1.29 is 14.6 Å². The first-order valence-electron chi connectivity index (χ1n) is 5.20. The molecule has 4 heteroatoms. The lowest BCUT2D eigenvalue weighted by Crippen LogP contribution is -2.32. The maximum Gasteiger partial charge on any atom is 0.405 e. The molecule has 15 heavy (non-hydrogen) atoms. The van der Waals surface area contributed by atoms with Crippen molar-refractivity contribution in [1.82, 2.24) is 0 Å². The van der Waals surface area contributed by atoms with E-state index in [-0.39, 0.29) is 12.5 Å². The first-order valence-corrected chi connectivity index (χ1v) is 5.20. The standard InChI is InChI=1S/C11H19NO3/c1-11(2,15-10(12)14)6-8-3-4-9(5-8)7-13/h3-4,8-9,13H,5-7H2,1-2H3,(H2,12,14)/t8-,9-/m1/s1. The number of primary amides is 1. The minimum Gasteiger partial charge on any atom is -0.444 e. The smallest absolute Gasteiger partial charge is 0.405 e. The van der Waals surface area contributed by atoms with Crippen LogP contribution in [-0.4, -0.2) is 23.4 Å². The third-order valence-corrected chi connectivity index (χ3v) is 2.63. The minimum absolute atomic E-state index is 0.185. The van der Waals surface area contributed by atoms with E-state index in [1.165, 1.54) is 0 Å². The van der Waals surface area contributed by atoms with E-state index in [0.717, 1.165) is 12.8 Å². The van der Waals surface area contributed by atoms with Crippen molar-refractivity contribution in [2.45, 2.75) is 32.3 Å².